The Bertz CT molecular complexity index is 483. The van der Waals surface area contributed by atoms with Gasteiger partial charge in [-0.3, -0.25) is 9.69 Å². The molecule has 0 saturated carbocycles. The van der Waals surface area contributed by atoms with E-state index >= 15 is 0 Å². The Kier molecular flexibility index (Phi) is 7.83. The lowest BCUT2D eigenvalue weighted by Crippen LogP contribution is -2.49. The first-order valence-electron chi connectivity index (χ1n) is 7.48. The van der Waals surface area contributed by atoms with Gasteiger partial charge in [-0.05, 0) is 37.0 Å². The summed E-state index contributed by atoms with van der Waals surface area (Å²) in [5.74, 6) is 0.531. The van der Waals surface area contributed by atoms with E-state index in [-0.39, 0.29) is 30.4 Å². The second-order valence-electron chi connectivity index (χ2n) is 6.01. The van der Waals surface area contributed by atoms with E-state index < -0.39 is 0 Å². The minimum Gasteiger partial charge on any atom is -0.348 e. The monoisotopic (exact) mass is 389 g/mol. The highest BCUT2D eigenvalue weighted by atomic mass is 79.9. The van der Waals surface area contributed by atoms with Gasteiger partial charge in [0.15, 0.2) is 0 Å². The number of carbonyl (C=O) groups excluding carboxylic acids is 1. The van der Waals surface area contributed by atoms with Gasteiger partial charge in [0, 0.05) is 23.6 Å². The Labute approximate surface area is 147 Å². The molecule has 0 aromatic heterocycles. The highest BCUT2D eigenvalue weighted by Gasteiger charge is 2.24. The van der Waals surface area contributed by atoms with Crippen LogP contribution in [0, 0.1) is 5.92 Å². The van der Waals surface area contributed by atoms with Crippen LogP contribution >= 0.6 is 28.3 Å². The van der Waals surface area contributed by atoms with Gasteiger partial charge in [0.2, 0.25) is 5.91 Å². The third kappa shape index (κ3) is 5.54. The topological polar surface area (TPSA) is 58.4 Å². The molecule has 1 saturated heterocycles. The molecule has 1 aliphatic rings. The normalized spacial score (nSPS) is 23.5. The van der Waals surface area contributed by atoms with Gasteiger partial charge >= 0.3 is 0 Å². The Morgan fingerprint density at radius 2 is 2.09 bits per heavy atom. The summed E-state index contributed by atoms with van der Waals surface area (Å²) in [6, 6.07) is 8.33. The Morgan fingerprint density at radius 1 is 1.45 bits per heavy atom. The number of amides is 1. The van der Waals surface area contributed by atoms with Crippen LogP contribution < -0.4 is 11.1 Å². The minimum absolute atomic E-state index is 0. The van der Waals surface area contributed by atoms with Gasteiger partial charge in [-0.1, -0.05) is 35.0 Å². The summed E-state index contributed by atoms with van der Waals surface area (Å²) >= 11 is 3.42. The number of carbonyl (C=O) groups is 1. The molecule has 3 unspecified atom stereocenters. The molecular formula is C16H25BrClN3O. The highest BCUT2D eigenvalue weighted by molar-refractivity contribution is 9.10. The number of hydrogen-bond acceptors (Lipinski definition) is 3. The fraction of sp³-hybridized carbons (Fsp3) is 0.562. The smallest absolute Gasteiger partial charge is 0.234 e. The number of nitrogens with one attached hydrogen (secondary N) is 1. The third-order valence-electron chi connectivity index (χ3n) is 4.17. The van der Waals surface area contributed by atoms with Crippen LogP contribution in [0.15, 0.2) is 28.7 Å². The maximum atomic E-state index is 12.2. The van der Waals surface area contributed by atoms with Crippen molar-refractivity contribution in [1.29, 1.82) is 0 Å². The van der Waals surface area contributed by atoms with Crippen LogP contribution in [0.2, 0.25) is 0 Å². The van der Waals surface area contributed by atoms with Gasteiger partial charge in [0.25, 0.3) is 0 Å². The van der Waals surface area contributed by atoms with Crippen LogP contribution in [0.1, 0.15) is 31.9 Å². The van der Waals surface area contributed by atoms with E-state index in [1.807, 2.05) is 31.2 Å². The summed E-state index contributed by atoms with van der Waals surface area (Å²) in [6.45, 7) is 6.43. The van der Waals surface area contributed by atoms with Gasteiger partial charge in [-0.25, -0.2) is 0 Å². The van der Waals surface area contributed by atoms with Crippen molar-refractivity contribution in [1.82, 2.24) is 10.2 Å². The first-order chi connectivity index (χ1) is 9.95. The quantitative estimate of drug-likeness (QED) is 0.831. The Hall–Kier alpha value is -0.620. The van der Waals surface area contributed by atoms with E-state index in [0.29, 0.717) is 12.5 Å². The van der Waals surface area contributed by atoms with E-state index in [1.54, 1.807) is 0 Å². The Balaban J connectivity index is 0.00000242. The van der Waals surface area contributed by atoms with E-state index in [0.717, 1.165) is 29.5 Å². The molecule has 6 heteroatoms. The van der Waals surface area contributed by atoms with E-state index in [9.17, 15) is 4.79 Å². The molecule has 0 aliphatic carbocycles. The van der Waals surface area contributed by atoms with E-state index in [2.05, 4.69) is 33.1 Å². The number of nitrogens with zero attached hydrogens (tertiary/aromatic N) is 1. The van der Waals surface area contributed by atoms with Crippen molar-refractivity contribution in [2.45, 2.75) is 32.4 Å². The summed E-state index contributed by atoms with van der Waals surface area (Å²) in [6.07, 6.45) is 0.969. The van der Waals surface area contributed by atoms with Crippen molar-refractivity contribution in [3.05, 3.63) is 34.3 Å². The predicted molar refractivity (Wildman–Crippen MR) is 96.1 cm³/mol. The number of hydrogen-bond donors (Lipinski definition) is 2. The molecule has 0 bridgehead atoms. The zero-order valence-electron chi connectivity index (χ0n) is 13.1. The number of likely N-dealkylation sites (tertiary alicyclic amines) is 1. The van der Waals surface area contributed by atoms with Gasteiger partial charge in [-0.15, -0.1) is 12.4 Å². The van der Waals surface area contributed by atoms with Crippen LogP contribution in [0.5, 0.6) is 0 Å². The number of halogens is 2. The first kappa shape index (κ1) is 19.4. The summed E-state index contributed by atoms with van der Waals surface area (Å²) in [5.41, 5.74) is 7.12. The zero-order chi connectivity index (χ0) is 15.4. The van der Waals surface area contributed by atoms with Gasteiger partial charge in [0.1, 0.15) is 0 Å². The third-order valence-corrected chi connectivity index (χ3v) is 4.70. The molecule has 1 aromatic carbocycles. The standard InChI is InChI=1S/C16H24BrN3O.ClH/c1-11-9-20(8-7-15(11)18)10-16(21)19-12(2)13-3-5-14(17)6-4-13;/h3-6,11-12,15H,7-10,18H2,1-2H3,(H,19,21);1H. The number of rotatable bonds is 4. The summed E-state index contributed by atoms with van der Waals surface area (Å²) < 4.78 is 1.04. The SMILES string of the molecule is CC(NC(=O)CN1CCC(N)C(C)C1)c1ccc(Br)cc1.Cl. The van der Waals surface area contributed by atoms with Crippen molar-refractivity contribution in [3.63, 3.8) is 0 Å². The molecule has 1 aliphatic heterocycles. The number of piperidine rings is 1. The van der Waals surface area contributed by atoms with Gasteiger partial charge in [-0.2, -0.15) is 0 Å². The van der Waals surface area contributed by atoms with E-state index in [1.165, 1.54) is 0 Å². The molecule has 4 nitrogen and oxygen atoms in total. The maximum Gasteiger partial charge on any atom is 0.234 e. The molecule has 3 N–H and O–H groups in total. The summed E-state index contributed by atoms with van der Waals surface area (Å²) in [7, 11) is 0. The minimum atomic E-state index is 0. The van der Waals surface area contributed by atoms with Gasteiger partial charge in [0.05, 0.1) is 12.6 Å². The second kappa shape index (κ2) is 8.87. The number of nitrogens with two attached hydrogens (primary N) is 1. The van der Waals surface area contributed by atoms with Crippen LogP contribution in [0.25, 0.3) is 0 Å². The molecule has 124 valence electrons. The van der Waals surface area contributed by atoms with Crippen LogP contribution in [-0.2, 0) is 4.79 Å². The molecule has 1 heterocycles. The summed E-state index contributed by atoms with van der Waals surface area (Å²) in [5, 5.41) is 3.06. The molecular weight excluding hydrogens is 366 g/mol. The maximum absolute atomic E-state index is 12.2. The molecule has 1 fully saturated rings. The van der Waals surface area contributed by atoms with Crippen LogP contribution in [0.4, 0.5) is 0 Å². The predicted octanol–water partition coefficient (Wildman–Crippen LogP) is 2.72. The highest BCUT2D eigenvalue weighted by Crippen LogP contribution is 2.17. The zero-order valence-corrected chi connectivity index (χ0v) is 15.5. The fourth-order valence-electron chi connectivity index (χ4n) is 2.72. The lowest BCUT2D eigenvalue weighted by atomic mass is 9.95. The molecule has 1 aromatic rings. The number of benzene rings is 1. The molecule has 1 amide bonds. The van der Waals surface area contributed by atoms with E-state index in [4.69, 9.17) is 5.73 Å². The molecule has 2 rings (SSSR count). The molecule has 3 atom stereocenters. The lowest BCUT2D eigenvalue weighted by Gasteiger charge is -2.34. The first-order valence-corrected chi connectivity index (χ1v) is 8.27. The van der Waals surface area contributed by atoms with Crippen molar-refractivity contribution in [2.75, 3.05) is 19.6 Å². The molecule has 22 heavy (non-hydrogen) atoms. The fourth-order valence-corrected chi connectivity index (χ4v) is 2.98. The largest absolute Gasteiger partial charge is 0.348 e. The molecule has 0 spiro atoms. The van der Waals surface area contributed by atoms with Crippen molar-refractivity contribution in [3.8, 4) is 0 Å². The lowest BCUT2D eigenvalue weighted by molar-refractivity contribution is -0.123. The van der Waals surface area contributed by atoms with Crippen molar-refractivity contribution < 1.29 is 4.79 Å². The second-order valence-corrected chi connectivity index (χ2v) is 6.92. The Morgan fingerprint density at radius 3 is 2.68 bits per heavy atom. The molecule has 0 radical (unpaired) electrons. The van der Waals surface area contributed by atoms with Crippen molar-refractivity contribution in [2.24, 2.45) is 11.7 Å². The average Bonchev–Trinajstić information content (AvgIpc) is 2.43. The van der Waals surface area contributed by atoms with Crippen LogP contribution in [0.3, 0.4) is 0 Å². The average molecular weight is 391 g/mol. The van der Waals surface area contributed by atoms with Crippen molar-refractivity contribution >= 4 is 34.2 Å². The van der Waals surface area contributed by atoms with Crippen LogP contribution in [-0.4, -0.2) is 36.5 Å². The van der Waals surface area contributed by atoms with Gasteiger partial charge < -0.3 is 11.1 Å². The summed E-state index contributed by atoms with van der Waals surface area (Å²) in [4.78, 5) is 14.3.